The number of anilines is 3. The number of nitrogens with one attached hydrogen (secondary N) is 2. The molecule has 1 saturated carbocycles. The van der Waals surface area contributed by atoms with Crippen molar-refractivity contribution in [3.05, 3.63) is 55.0 Å². The van der Waals surface area contributed by atoms with Crippen molar-refractivity contribution >= 4 is 17.5 Å². The lowest BCUT2D eigenvalue weighted by atomic mass is 9.91. The van der Waals surface area contributed by atoms with Crippen molar-refractivity contribution in [2.24, 2.45) is 5.73 Å². The lowest BCUT2D eigenvalue weighted by Gasteiger charge is -2.29. The minimum Gasteiger partial charge on any atom is -0.350 e. The van der Waals surface area contributed by atoms with Crippen LogP contribution in [0.5, 0.6) is 0 Å². The quantitative estimate of drug-likeness (QED) is 0.640. The zero-order chi connectivity index (χ0) is 18.5. The smallest absolute Gasteiger partial charge is 0.224 e. The Balaban J connectivity index is 1.48. The van der Waals surface area contributed by atoms with Crippen LogP contribution in [0.1, 0.15) is 25.7 Å². The van der Waals surface area contributed by atoms with Crippen molar-refractivity contribution < 1.29 is 0 Å². The number of hydrogen-bond donors (Lipinski definition) is 3. The molecule has 0 spiro atoms. The summed E-state index contributed by atoms with van der Waals surface area (Å²) >= 11 is 0. The van der Waals surface area contributed by atoms with Crippen molar-refractivity contribution in [2.45, 2.75) is 37.8 Å². The summed E-state index contributed by atoms with van der Waals surface area (Å²) in [6.45, 7) is 0. The zero-order valence-electron chi connectivity index (χ0n) is 15.0. The molecular formula is C20H23N7. The summed E-state index contributed by atoms with van der Waals surface area (Å²) in [6, 6.07) is 12.0. The van der Waals surface area contributed by atoms with E-state index >= 15 is 0 Å². The van der Waals surface area contributed by atoms with E-state index in [9.17, 15) is 0 Å². The van der Waals surface area contributed by atoms with Crippen molar-refractivity contribution in [3.8, 4) is 11.4 Å². The van der Waals surface area contributed by atoms with Gasteiger partial charge in [-0.25, -0.2) is 15.0 Å². The lowest BCUT2D eigenvalue weighted by Crippen LogP contribution is -2.42. The van der Waals surface area contributed by atoms with Gasteiger partial charge in [0, 0.05) is 41.9 Å². The first-order valence-electron chi connectivity index (χ1n) is 9.27. The van der Waals surface area contributed by atoms with Gasteiger partial charge in [-0.05, 0) is 37.1 Å². The number of nitrogens with zero attached hydrogens (tertiary/aromatic N) is 4. The molecule has 1 aliphatic rings. The fraction of sp³-hybridized carbons (Fsp3) is 0.300. The van der Waals surface area contributed by atoms with Gasteiger partial charge in [-0.1, -0.05) is 25.0 Å². The third kappa shape index (κ3) is 4.38. The molecule has 0 radical (unpaired) electrons. The predicted molar refractivity (Wildman–Crippen MR) is 107 cm³/mol. The molecule has 7 nitrogen and oxygen atoms in total. The Hall–Kier alpha value is -3.06. The number of aromatic nitrogens is 4. The molecule has 1 fully saturated rings. The van der Waals surface area contributed by atoms with Crippen LogP contribution in [-0.2, 0) is 0 Å². The van der Waals surface area contributed by atoms with Crippen LogP contribution in [0.2, 0.25) is 0 Å². The summed E-state index contributed by atoms with van der Waals surface area (Å²) in [4.78, 5) is 17.5. The Morgan fingerprint density at radius 2 is 1.78 bits per heavy atom. The largest absolute Gasteiger partial charge is 0.350 e. The third-order valence-corrected chi connectivity index (χ3v) is 4.75. The van der Waals surface area contributed by atoms with Crippen molar-refractivity contribution in [1.82, 2.24) is 19.9 Å². The summed E-state index contributed by atoms with van der Waals surface area (Å²) in [5.74, 6) is 2.02. The van der Waals surface area contributed by atoms with Crippen LogP contribution in [-0.4, -0.2) is 32.0 Å². The fourth-order valence-electron chi connectivity index (χ4n) is 3.33. The van der Waals surface area contributed by atoms with E-state index in [2.05, 4.69) is 30.6 Å². The Labute approximate surface area is 158 Å². The normalized spacial score (nSPS) is 19.4. The van der Waals surface area contributed by atoms with Gasteiger partial charge in [0.1, 0.15) is 5.82 Å². The monoisotopic (exact) mass is 361 g/mol. The van der Waals surface area contributed by atoms with Crippen molar-refractivity contribution in [3.63, 3.8) is 0 Å². The van der Waals surface area contributed by atoms with E-state index in [4.69, 9.17) is 5.73 Å². The Bertz CT molecular complexity index is 884. The Kier molecular flexibility index (Phi) is 5.20. The van der Waals surface area contributed by atoms with Gasteiger partial charge in [0.15, 0.2) is 5.82 Å². The standard InChI is InChI=1S/C20H23N7/c21-16-7-1-2-8-17(16)26-20-24-12-9-18(27-20)25-15-6-3-5-14(13-15)19-22-10-4-11-23-19/h3-6,9-13,16-17H,1-2,7-8,21H2,(H2,24,25,26,27)/t16-,17+/m0/s1. The average molecular weight is 361 g/mol. The molecule has 1 aromatic carbocycles. The first-order chi connectivity index (χ1) is 13.3. The molecule has 7 heteroatoms. The minimum atomic E-state index is 0.154. The summed E-state index contributed by atoms with van der Waals surface area (Å²) in [6.07, 6.45) is 9.71. The second-order valence-corrected chi connectivity index (χ2v) is 6.74. The van der Waals surface area contributed by atoms with Crippen molar-refractivity contribution in [2.75, 3.05) is 10.6 Å². The predicted octanol–water partition coefficient (Wildman–Crippen LogP) is 3.36. The molecule has 0 aliphatic heterocycles. The second kappa shape index (κ2) is 8.09. The molecule has 0 amide bonds. The highest BCUT2D eigenvalue weighted by Crippen LogP contribution is 2.23. The summed E-state index contributed by atoms with van der Waals surface area (Å²) in [5.41, 5.74) is 8.08. The molecule has 1 aliphatic carbocycles. The lowest BCUT2D eigenvalue weighted by molar-refractivity contribution is 0.402. The second-order valence-electron chi connectivity index (χ2n) is 6.74. The number of benzene rings is 1. The van der Waals surface area contributed by atoms with Gasteiger partial charge in [0.05, 0.1) is 0 Å². The molecule has 2 atom stereocenters. The molecule has 4 rings (SSSR count). The summed E-state index contributed by atoms with van der Waals surface area (Å²) in [7, 11) is 0. The van der Waals surface area contributed by atoms with Crippen LogP contribution < -0.4 is 16.4 Å². The number of nitrogens with two attached hydrogens (primary N) is 1. The van der Waals surface area contributed by atoms with Crippen LogP contribution in [0.4, 0.5) is 17.5 Å². The molecule has 2 heterocycles. The Morgan fingerprint density at radius 3 is 2.63 bits per heavy atom. The highest BCUT2D eigenvalue weighted by atomic mass is 15.2. The highest BCUT2D eigenvalue weighted by molar-refractivity contribution is 5.66. The van der Waals surface area contributed by atoms with E-state index in [1.54, 1.807) is 24.7 Å². The maximum absolute atomic E-state index is 6.21. The van der Waals surface area contributed by atoms with Gasteiger partial charge in [-0.3, -0.25) is 0 Å². The van der Waals surface area contributed by atoms with Gasteiger partial charge in [0.25, 0.3) is 0 Å². The van der Waals surface area contributed by atoms with Gasteiger partial charge < -0.3 is 16.4 Å². The fourth-order valence-corrected chi connectivity index (χ4v) is 3.33. The number of hydrogen-bond acceptors (Lipinski definition) is 7. The number of rotatable bonds is 5. The van der Waals surface area contributed by atoms with Crippen LogP contribution >= 0.6 is 0 Å². The molecule has 0 unspecified atom stereocenters. The van der Waals surface area contributed by atoms with Gasteiger partial charge in [-0.15, -0.1) is 0 Å². The molecule has 2 aromatic heterocycles. The molecule has 0 bridgehead atoms. The van der Waals surface area contributed by atoms with E-state index in [1.807, 2.05) is 30.3 Å². The molecule has 27 heavy (non-hydrogen) atoms. The van der Waals surface area contributed by atoms with Crippen LogP contribution in [0.3, 0.4) is 0 Å². The SMILES string of the molecule is N[C@H]1CCCC[C@H]1Nc1nccc(Nc2cccc(-c3ncccn3)c2)n1. The first kappa shape index (κ1) is 17.4. The third-order valence-electron chi connectivity index (χ3n) is 4.75. The highest BCUT2D eigenvalue weighted by Gasteiger charge is 2.22. The van der Waals surface area contributed by atoms with Gasteiger partial charge in [0.2, 0.25) is 5.95 Å². The molecule has 0 saturated heterocycles. The maximum Gasteiger partial charge on any atom is 0.224 e. The van der Waals surface area contributed by atoms with Crippen LogP contribution in [0, 0.1) is 0 Å². The van der Waals surface area contributed by atoms with Gasteiger partial charge in [-0.2, -0.15) is 4.98 Å². The van der Waals surface area contributed by atoms with E-state index in [-0.39, 0.29) is 12.1 Å². The average Bonchev–Trinajstić information content (AvgIpc) is 2.71. The molecule has 3 aromatic rings. The van der Waals surface area contributed by atoms with E-state index < -0.39 is 0 Å². The van der Waals surface area contributed by atoms with Crippen molar-refractivity contribution in [1.29, 1.82) is 0 Å². The molecule has 138 valence electrons. The minimum absolute atomic E-state index is 0.154. The van der Waals surface area contributed by atoms with Crippen LogP contribution in [0.15, 0.2) is 55.0 Å². The molecular weight excluding hydrogens is 338 g/mol. The molecule has 4 N–H and O–H groups in total. The van der Waals surface area contributed by atoms with E-state index in [1.165, 1.54) is 12.8 Å². The van der Waals surface area contributed by atoms with E-state index in [0.717, 1.165) is 29.9 Å². The van der Waals surface area contributed by atoms with Crippen LogP contribution in [0.25, 0.3) is 11.4 Å². The summed E-state index contributed by atoms with van der Waals surface area (Å²) in [5, 5.41) is 6.71. The topological polar surface area (TPSA) is 102 Å². The summed E-state index contributed by atoms with van der Waals surface area (Å²) < 4.78 is 0. The first-order valence-corrected chi connectivity index (χ1v) is 9.27. The van der Waals surface area contributed by atoms with Gasteiger partial charge >= 0.3 is 0 Å². The Morgan fingerprint density at radius 1 is 0.926 bits per heavy atom. The maximum atomic E-state index is 6.21. The zero-order valence-corrected chi connectivity index (χ0v) is 15.0. The van der Waals surface area contributed by atoms with E-state index in [0.29, 0.717) is 11.8 Å².